The average molecular weight is 258 g/mol. The first-order chi connectivity index (χ1) is 8.31. The second-order valence-corrected chi connectivity index (χ2v) is 3.86. The van der Waals surface area contributed by atoms with Gasteiger partial charge < -0.3 is 20.5 Å². The van der Waals surface area contributed by atoms with Gasteiger partial charge in [-0.15, -0.1) is 0 Å². The topological polar surface area (TPSA) is 108 Å². The molecule has 0 fully saturated rings. The monoisotopic (exact) mass is 258 g/mol. The molecule has 102 valence electrons. The first-order valence-corrected chi connectivity index (χ1v) is 5.42. The molecule has 0 aliphatic carbocycles. The smallest absolute Gasteiger partial charge is 0.331 e. The fraction of sp³-hybridized carbons (Fsp3) is 0.545. The van der Waals surface area contributed by atoms with E-state index in [0.29, 0.717) is 0 Å². The minimum absolute atomic E-state index is 0.0364. The molecule has 0 unspecified atom stereocenters. The second kappa shape index (κ2) is 8.10. The van der Waals surface area contributed by atoms with Gasteiger partial charge in [-0.1, -0.05) is 0 Å². The van der Waals surface area contributed by atoms with Gasteiger partial charge in [0.15, 0.2) is 0 Å². The van der Waals surface area contributed by atoms with Crippen molar-refractivity contribution in [2.24, 2.45) is 5.73 Å². The largest absolute Gasteiger partial charge is 0.460 e. The predicted octanol–water partition coefficient (Wildman–Crippen LogP) is 0.0942. The van der Waals surface area contributed by atoms with Crippen LogP contribution >= 0.6 is 0 Å². The minimum Gasteiger partial charge on any atom is -0.460 e. The summed E-state index contributed by atoms with van der Waals surface area (Å²) in [6.07, 6.45) is 1.69. The zero-order chi connectivity index (χ0) is 14.1. The van der Waals surface area contributed by atoms with Gasteiger partial charge in [0.2, 0.25) is 0 Å². The highest BCUT2D eigenvalue weighted by atomic mass is 16.5. The van der Waals surface area contributed by atoms with Crippen molar-refractivity contribution >= 4 is 18.0 Å². The Labute approximate surface area is 105 Å². The van der Waals surface area contributed by atoms with E-state index in [9.17, 15) is 14.4 Å². The Morgan fingerprint density at radius 1 is 1.17 bits per heavy atom. The minimum atomic E-state index is -0.700. The van der Waals surface area contributed by atoms with Crippen LogP contribution in [0.1, 0.15) is 20.8 Å². The van der Waals surface area contributed by atoms with Crippen LogP contribution in [0.2, 0.25) is 0 Å². The van der Waals surface area contributed by atoms with E-state index in [-0.39, 0.29) is 12.7 Å². The van der Waals surface area contributed by atoms with Gasteiger partial charge in [0.1, 0.15) is 6.61 Å². The van der Waals surface area contributed by atoms with Gasteiger partial charge >= 0.3 is 18.0 Å². The van der Waals surface area contributed by atoms with Crippen molar-refractivity contribution in [2.45, 2.75) is 32.9 Å². The van der Waals surface area contributed by atoms with Crippen LogP contribution in [0.15, 0.2) is 12.2 Å². The molecule has 7 heteroatoms. The predicted molar refractivity (Wildman–Crippen MR) is 63.5 cm³/mol. The molecule has 0 saturated heterocycles. The van der Waals surface area contributed by atoms with Crippen LogP contribution in [0.3, 0.4) is 0 Å². The molecule has 0 spiro atoms. The number of ether oxygens (including phenoxy) is 2. The standard InChI is InChI=1S/C11H18N2O5/c1-7(2)18-10(15)5-4-9(14)17-6-8(3)13-11(12)16/h4-5,7-8H,6H2,1-3H3,(H3,12,13,16)/b5-4+/t8-/m0/s1. The quantitative estimate of drug-likeness (QED) is 0.518. The van der Waals surface area contributed by atoms with E-state index >= 15 is 0 Å². The van der Waals surface area contributed by atoms with Crippen LogP contribution in [0.5, 0.6) is 0 Å². The maximum absolute atomic E-state index is 11.2. The Bertz CT molecular complexity index is 338. The van der Waals surface area contributed by atoms with Crippen LogP contribution in [0.25, 0.3) is 0 Å². The molecule has 1 atom stereocenters. The van der Waals surface area contributed by atoms with Gasteiger partial charge in [-0.05, 0) is 20.8 Å². The average Bonchev–Trinajstić information content (AvgIpc) is 2.21. The summed E-state index contributed by atoms with van der Waals surface area (Å²) in [7, 11) is 0. The van der Waals surface area contributed by atoms with Crippen LogP contribution in [0, 0.1) is 0 Å². The van der Waals surface area contributed by atoms with E-state index < -0.39 is 24.0 Å². The van der Waals surface area contributed by atoms with Crippen molar-refractivity contribution in [1.82, 2.24) is 5.32 Å². The lowest BCUT2D eigenvalue weighted by Crippen LogP contribution is -2.39. The Morgan fingerprint density at radius 2 is 1.72 bits per heavy atom. The van der Waals surface area contributed by atoms with Crippen LogP contribution in [-0.4, -0.2) is 36.7 Å². The molecule has 2 amide bonds. The number of nitrogens with one attached hydrogen (secondary N) is 1. The number of carbonyl (C=O) groups is 3. The highest BCUT2D eigenvalue weighted by Crippen LogP contribution is 1.92. The Morgan fingerprint density at radius 3 is 2.22 bits per heavy atom. The van der Waals surface area contributed by atoms with Crippen molar-refractivity contribution < 1.29 is 23.9 Å². The molecule has 0 radical (unpaired) electrons. The molecule has 7 nitrogen and oxygen atoms in total. The number of carbonyl (C=O) groups excluding carboxylic acids is 3. The normalized spacial score (nSPS) is 12.2. The lowest BCUT2D eigenvalue weighted by molar-refractivity contribution is -0.143. The van der Waals surface area contributed by atoms with Crippen molar-refractivity contribution in [3.05, 3.63) is 12.2 Å². The zero-order valence-electron chi connectivity index (χ0n) is 10.6. The summed E-state index contributed by atoms with van der Waals surface area (Å²) in [5.41, 5.74) is 4.88. The molecule has 0 bridgehead atoms. The molecule has 0 aromatic rings. The lowest BCUT2D eigenvalue weighted by Gasteiger charge is -2.11. The molecule has 0 aliphatic heterocycles. The third kappa shape index (κ3) is 9.20. The molecule has 18 heavy (non-hydrogen) atoms. The summed E-state index contributed by atoms with van der Waals surface area (Å²) in [5, 5.41) is 2.33. The number of hydrogen-bond acceptors (Lipinski definition) is 5. The van der Waals surface area contributed by atoms with Crippen molar-refractivity contribution in [3.63, 3.8) is 0 Å². The van der Waals surface area contributed by atoms with Crippen molar-refractivity contribution in [2.75, 3.05) is 6.61 Å². The van der Waals surface area contributed by atoms with E-state index in [2.05, 4.69) is 5.32 Å². The second-order valence-electron chi connectivity index (χ2n) is 3.86. The van der Waals surface area contributed by atoms with E-state index in [1.165, 1.54) is 0 Å². The Kier molecular flexibility index (Phi) is 7.18. The Hall–Kier alpha value is -2.05. The number of primary amides is 1. The Balaban J connectivity index is 3.93. The fourth-order valence-corrected chi connectivity index (χ4v) is 0.947. The third-order valence-electron chi connectivity index (χ3n) is 1.57. The van der Waals surface area contributed by atoms with Crippen molar-refractivity contribution in [1.29, 1.82) is 0 Å². The van der Waals surface area contributed by atoms with E-state index in [1.54, 1.807) is 20.8 Å². The molecular formula is C11H18N2O5. The van der Waals surface area contributed by atoms with Crippen LogP contribution in [0.4, 0.5) is 4.79 Å². The van der Waals surface area contributed by atoms with Gasteiger partial charge in [0.05, 0.1) is 12.1 Å². The number of urea groups is 1. The highest BCUT2D eigenvalue weighted by molar-refractivity contribution is 5.91. The molecule has 0 saturated carbocycles. The number of esters is 2. The van der Waals surface area contributed by atoms with Crippen LogP contribution in [-0.2, 0) is 19.1 Å². The SMILES string of the molecule is CC(C)OC(=O)/C=C/C(=O)OC[C@H](C)NC(N)=O. The maximum Gasteiger partial charge on any atom is 0.331 e. The molecule has 0 aromatic heterocycles. The summed E-state index contributed by atoms with van der Waals surface area (Å²) in [6.45, 7) is 4.97. The summed E-state index contributed by atoms with van der Waals surface area (Å²) >= 11 is 0. The highest BCUT2D eigenvalue weighted by Gasteiger charge is 2.07. The number of rotatable bonds is 6. The maximum atomic E-state index is 11.2. The summed E-state index contributed by atoms with van der Waals surface area (Å²) < 4.78 is 9.53. The van der Waals surface area contributed by atoms with E-state index in [1.807, 2.05) is 0 Å². The number of hydrogen-bond donors (Lipinski definition) is 2. The summed E-state index contributed by atoms with van der Waals surface area (Å²) in [4.78, 5) is 32.7. The molecule has 0 rings (SSSR count). The van der Waals surface area contributed by atoms with Gasteiger partial charge in [-0.2, -0.15) is 0 Å². The third-order valence-corrected chi connectivity index (χ3v) is 1.57. The summed E-state index contributed by atoms with van der Waals surface area (Å²) in [5.74, 6) is -1.32. The molecule has 0 aliphatic rings. The fourth-order valence-electron chi connectivity index (χ4n) is 0.947. The van der Waals surface area contributed by atoms with E-state index in [0.717, 1.165) is 12.2 Å². The first kappa shape index (κ1) is 16.0. The van der Waals surface area contributed by atoms with E-state index in [4.69, 9.17) is 15.2 Å². The molecular weight excluding hydrogens is 240 g/mol. The molecule has 0 aromatic carbocycles. The van der Waals surface area contributed by atoms with Gasteiger partial charge in [0, 0.05) is 12.2 Å². The summed E-state index contributed by atoms with van der Waals surface area (Å²) in [6, 6.07) is -1.10. The zero-order valence-corrected chi connectivity index (χ0v) is 10.6. The number of amides is 2. The van der Waals surface area contributed by atoms with Crippen molar-refractivity contribution in [3.8, 4) is 0 Å². The molecule has 0 heterocycles. The number of nitrogens with two attached hydrogens (primary N) is 1. The lowest BCUT2D eigenvalue weighted by atomic mass is 10.4. The van der Waals surface area contributed by atoms with Gasteiger partial charge in [0.25, 0.3) is 0 Å². The van der Waals surface area contributed by atoms with Gasteiger partial charge in [-0.3, -0.25) is 0 Å². The first-order valence-electron chi connectivity index (χ1n) is 5.42. The molecule has 3 N–H and O–H groups in total. The van der Waals surface area contributed by atoms with Gasteiger partial charge in [-0.25, -0.2) is 14.4 Å². The van der Waals surface area contributed by atoms with Crippen LogP contribution < -0.4 is 11.1 Å².